The lowest BCUT2D eigenvalue weighted by molar-refractivity contribution is -0.152. The Bertz CT molecular complexity index is 553. The van der Waals surface area contributed by atoms with Crippen LogP contribution in [0, 0.1) is 13.8 Å². The Balaban J connectivity index is 1.66. The Morgan fingerprint density at radius 3 is 2.76 bits per heavy atom. The first-order chi connectivity index (χ1) is 10.0. The molecule has 1 atom stereocenters. The Hall–Kier alpha value is -1.69. The van der Waals surface area contributed by atoms with E-state index in [4.69, 9.17) is 9.26 Å². The van der Waals surface area contributed by atoms with Gasteiger partial charge < -0.3 is 14.2 Å². The van der Waals surface area contributed by atoms with E-state index >= 15 is 0 Å². The fourth-order valence-corrected chi connectivity index (χ4v) is 3.20. The van der Waals surface area contributed by atoms with E-state index in [2.05, 4.69) is 5.16 Å². The number of Topliss-reactive ketones (excluding diaryl/α,β-unsaturated/α-hetero) is 1. The lowest BCUT2D eigenvalue weighted by Gasteiger charge is -2.37. The van der Waals surface area contributed by atoms with Gasteiger partial charge in [0, 0.05) is 25.1 Å². The molecule has 0 N–H and O–H groups in total. The molecule has 1 aromatic rings. The zero-order valence-corrected chi connectivity index (χ0v) is 12.5. The molecule has 2 fully saturated rings. The van der Waals surface area contributed by atoms with Crippen LogP contribution in [0.15, 0.2) is 4.52 Å². The third-order valence-corrected chi connectivity index (χ3v) is 4.59. The maximum atomic E-state index is 12.4. The monoisotopic (exact) mass is 292 g/mol. The quantitative estimate of drug-likeness (QED) is 0.818. The van der Waals surface area contributed by atoms with Crippen molar-refractivity contribution in [1.29, 1.82) is 0 Å². The van der Waals surface area contributed by atoms with Gasteiger partial charge in [-0.15, -0.1) is 0 Å². The molecule has 3 rings (SSSR count). The van der Waals surface area contributed by atoms with E-state index in [1.54, 1.807) is 11.8 Å². The topological polar surface area (TPSA) is 72.6 Å². The first-order valence-electron chi connectivity index (χ1n) is 7.39. The predicted octanol–water partition coefficient (Wildman–Crippen LogP) is 1.18. The van der Waals surface area contributed by atoms with Crippen molar-refractivity contribution in [1.82, 2.24) is 10.1 Å². The van der Waals surface area contributed by atoms with E-state index in [0.717, 1.165) is 24.1 Å². The van der Waals surface area contributed by atoms with E-state index in [1.165, 1.54) is 0 Å². The molecule has 114 valence electrons. The van der Waals surface area contributed by atoms with Gasteiger partial charge in [0.2, 0.25) is 5.91 Å². The van der Waals surface area contributed by atoms with E-state index in [-0.39, 0.29) is 24.7 Å². The molecule has 0 saturated carbocycles. The number of hydrogen-bond donors (Lipinski definition) is 0. The van der Waals surface area contributed by atoms with Crippen LogP contribution >= 0.6 is 0 Å². The molecule has 2 aliphatic heterocycles. The van der Waals surface area contributed by atoms with Crippen LogP contribution in [0.5, 0.6) is 0 Å². The number of amides is 1. The smallest absolute Gasteiger partial charge is 0.227 e. The normalized spacial score (nSPS) is 25.8. The van der Waals surface area contributed by atoms with E-state index in [0.29, 0.717) is 25.3 Å². The molecule has 1 spiro atoms. The second kappa shape index (κ2) is 5.26. The van der Waals surface area contributed by atoms with Gasteiger partial charge in [0.05, 0.1) is 18.7 Å². The number of ketones is 1. The number of carbonyl (C=O) groups excluding carboxylic acids is 2. The first-order valence-corrected chi connectivity index (χ1v) is 7.39. The average molecular weight is 292 g/mol. The number of aryl methyl sites for hydroxylation is 2. The second-order valence-electron chi connectivity index (χ2n) is 5.91. The highest BCUT2D eigenvalue weighted by Gasteiger charge is 2.46. The van der Waals surface area contributed by atoms with Gasteiger partial charge >= 0.3 is 0 Å². The minimum atomic E-state index is -0.611. The number of likely N-dealkylation sites (tertiary alicyclic amines) is 1. The number of piperidine rings is 1. The third kappa shape index (κ3) is 2.48. The van der Waals surface area contributed by atoms with Crippen LogP contribution in [0.3, 0.4) is 0 Å². The number of hydrogen-bond acceptors (Lipinski definition) is 5. The van der Waals surface area contributed by atoms with Gasteiger partial charge in [0.25, 0.3) is 0 Å². The van der Waals surface area contributed by atoms with Crippen LogP contribution in [0.25, 0.3) is 0 Å². The Morgan fingerprint density at radius 2 is 2.19 bits per heavy atom. The summed E-state index contributed by atoms with van der Waals surface area (Å²) < 4.78 is 10.7. The summed E-state index contributed by atoms with van der Waals surface area (Å²) in [7, 11) is 0. The molecule has 1 aromatic heterocycles. The molecule has 0 aliphatic carbocycles. The maximum Gasteiger partial charge on any atom is 0.227 e. The highest BCUT2D eigenvalue weighted by molar-refractivity contribution is 5.94. The fourth-order valence-electron chi connectivity index (χ4n) is 3.20. The minimum absolute atomic E-state index is 0.0402. The largest absolute Gasteiger partial charge is 0.367 e. The molecule has 2 aliphatic rings. The SMILES string of the molecule is Cc1noc(C)c1CC(=O)N1CC[C@@]2(CCCO2)C(=O)C1. The minimum Gasteiger partial charge on any atom is -0.367 e. The van der Waals surface area contributed by atoms with E-state index < -0.39 is 5.60 Å². The number of aromatic nitrogens is 1. The first kappa shape index (κ1) is 14.3. The van der Waals surface area contributed by atoms with Crippen molar-refractivity contribution < 1.29 is 18.8 Å². The lowest BCUT2D eigenvalue weighted by Crippen LogP contribution is -2.54. The van der Waals surface area contributed by atoms with Gasteiger partial charge in [0.1, 0.15) is 11.4 Å². The van der Waals surface area contributed by atoms with Gasteiger partial charge in [-0.1, -0.05) is 5.16 Å². The summed E-state index contributed by atoms with van der Waals surface area (Å²) in [6.45, 7) is 5.00. The zero-order chi connectivity index (χ0) is 15.0. The number of carbonyl (C=O) groups is 2. The van der Waals surface area contributed by atoms with Gasteiger partial charge in [-0.05, 0) is 26.7 Å². The number of ether oxygens (including phenoxy) is 1. The van der Waals surface area contributed by atoms with E-state index in [9.17, 15) is 9.59 Å². The van der Waals surface area contributed by atoms with Crippen LogP contribution in [0.4, 0.5) is 0 Å². The van der Waals surface area contributed by atoms with Gasteiger partial charge in [-0.3, -0.25) is 9.59 Å². The Labute approximate surface area is 123 Å². The van der Waals surface area contributed by atoms with Crippen LogP contribution < -0.4 is 0 Å². The summed E-state index contributed by atoms with van der Waals surface area (Å²) in [5.41, 5.74) is 0.949. The highest BCUT2D eigenvalue weighted by Crippen LogP contribution is 2.33. The van der Waals surface area contributed by atoms with Crippen molar-refractivity contribution >= 4 is 11.7 Å². The van der Waals surface area contributed by atoms with Crippen LogP contribution in [0.2, 0.25) is 0 Å². The molecule has 0 bridgehead atoms. The molecular weight excluding hydrogens is 272 g/mol. The fraction of sp³-hybridized carbons (Fsp3) is 0.667. The highest BCUT2D eigenvalue weighted by atomic mass is 16.5. The summed E-state index contributed by atoms with van der Waals surface area (Å²) in [6.07, 6.45) is 2.57. The molecule has 1 amide bonds. The molecule has 0 radical (unpaired) electrons. The second-order valence-corrected chi connectivity index (χ2v) is 5.91. The van der Waals surface area contributed by atoms with Crippen molar-refractivity contribution in [2.24, 2.45) is 0 Å². The van der Waals surface area contributed by atoms with Crippen molar-refractivity contribution in [2.45, 2.75) is 45.1 Å². The lowest BCUT2D eigenvalue weighted by atomic mass is 9.87. The zero-order valence-electron chi connectivity index (χ0n) is 12.5. The summed E-state index contributed by atoms with van der Waals surface area (Å²) in [6, 6.07) is 0. The molecule has 6 nitrogen and oxygen atoms in total. The van der Waals surface area contributed by atoms with Crippen LogP contribution in [0.1, 0.15) is 36.3 Å². The third-order valence-electron chi connectivity index (χ3n) is 4.59. The van der Waals surface area contributed by atoms with E-state index in [1.807, 2.05) is 6.92 Å². The maximum absolute atomic E-state index is 12.4. The molecule has 0 unspecified atom stereocenters. The number of nitrogens with zero attached hydrogens (tertiary/aromatic N) is 2. The standard InChI is InChI=1S/C15H20N2O4/c1-10-12(11(2)21-16-10)8-14(19)17-6-5-15(13(18)9-17)4-3-7-20-15/h3-9H2,1-2H3/t15-/m0/s1. The van der Waals surface area contributed by atoms with Crippen molar-refractivity contribution in [3.8, 4) is 0 Å². The van der Waals surface area contributed by atoms with Gasteiger partial charge in [-0.2, -0.15) is 0 Å². The van der Waals surface area contributed by atoms with Crippen molar-refractivity contribution in [3.63, 3.8) is 0 Å². The Morgan fingerprint density at radius 1 is 1.38 bits per heavy atom. The van der Waals surface area contributed by atoms with Crippen LogP contribution in [-0.2, 0) is 20.7 Å². The van der Waals surface area contributed by atoms with Crippen LogP contribution in [-0.4, -0.2) is 47.0 Å². The summed E-state index contributed by atoms with van der Waals surface area (Å²) in [4.78, 5) is 26.3. The summed E-state index contributed by atoms with van der Waals surface area (Å²) in [5.74, 6) is 0.656. The summed E-state index contributed by atoms with van der Waals surface area (Å²) in [5, 5.41) is 3.85. The number of rotatable bonds is 2. The average Bonchev–Trinajstić information content (AvgIpc) is 3.05. The molecule has 6 heteroatoms. The van der Waals surface area contributed by atoms with Gasteiger partial charge in [0.15, 0.2) is 5.78 Å². The van der Waals surface area contributed by atoms with Crippen molar-refractivity contribution in [2.75, 3.05) is 19.7 Å². The molecular formula is C15H20N2O4. The Kier molecular flexibility index (Phi) is 3.57. The molecule has 21 heavy (non-hydrogen) atoms. The van der Waals surface area contributed by atoms with Crippen molar-refractivity contribution in [3.05, 3.63) is 17.0 Å². The van der Waals surface area contributed by atoms with Gasteiger partial charge in [-0.25, -0.2) is 0 Å². The molecule has 3 heterocycles. The summed E-state index contributed by atoms with van der Waals surface area (Å²) >= 11 is 0. The predicted molar refractivity (Wildman–Crippen MR) is 73.8 cm³/mol. The molecule has 2 saturated heterocycles. The molecule has 0 aromatic carbocycles.